The predicted molar refractivity (Wildman–Crippen MR) is 111 cm³/mol. The third-order valence-electron chi connectivity index (χ3n) is 3.33. The van der Waals surface area contributed by atoms with Crippen LogP contribution in [0.1, 0.15) is 84.5 Å². The summed E-state index contributed by atoms with van der Waals surface area (Å²) < 4.78 is 8.88. The van der Waals surface area contributed by atoms with Crippen molar-refractivity contribution in [2.75, 3.05) is 20.2 Å². The van der Waals surface area contributed by atoms with E-state index in [1.165, 1.54) is 64.2 Å². The maximum absolute atomic E-state index is 9.51. The normalized spacial score (nSPS) is 11.4. The van der Waals surface area contributed by atoms with E-state index >= 15 is 0 Å². The molecule has 0 heterocycles. The van der Waals surface area contributed by atoms with Gasteiger partial charge in [-0.2, -0.15) is 0 Å². The molecule has 0 rings (SSSR count). The van der Waals surface area contributed by atoms with Gasteiger partial charge in [0, 0.05) is 13.2 Å². The van der Waals surface area contributed by atoms with Crippen molar-refractivity contribution in [1.29, 1.82) is 0 Å². The molecule has 0 saturated heterocycles. The number of hydrogen-bond acceptors (Lipinski definition) is 4. The number of unbranched alkanes of at least 4 members (excludes halogenated alkanes) is 9. The molecule has 158 valence electrons. The molecule has 26 heavy (non-hydrogen) atoms. The van der Waals surface area contributed by atoms with Crippen LogP contribution in [0.3, 0.4) is 0 Å². The van der Waals surface area contributed by atoms with Gasteiger partial charge in [0.15, 0.2) is 0 Å². The Morgan fingerprint density at radius 3 is 1.46 bits per heavy atom. The Labute approximate surface area is 182 Å². The molecule has 0 aromatic carbocycles. The molecule has 0 amide bonds. The zero-order valence-electron chi connectivity index (χ0n) is 16.4. The topological polar surface area (TPSA) is 130 Å². The van der Waals surface area contributed by atoms with Crippen LogP contribution in [0.15, 0.2) is 0 Å². The van der Waals surface area contributed by atoms with Crippen LogP contribution in [0.4, 0.5) is 0 Å². The van der Waals surface area contributed by atoms with Gasteiger partial charge in [-0.25, -0.2) is 4.57 Å². The van der Waals surface area contributed by atoms with Crippen molar-refractivity contribution in [3.8, 4) is 0 Å². The van der Waals surface area contributed by atoms with E-state index in [0.29, 0.717) is 0 Å². The number of hydrogen-bond donors (Lipinski definition) is 6. The number of aliphatic hydroxyl groups is 2. The van der Waals surface area contributed by atoms with Crippen LogP contribution >= 0.6 is 7.82 Å². The van der Waals surface area contributed by atoms with E-state index in [0.717, 1.165) is 13.0 Å². The van der Waals surface area contributed by atoms with E-state index in [-0.39, 0.29) is 42.3 Å². The molecule has 0 saturated carbocycles. The van der Waals surface area contributed by atoms with Gasteiger partial charge in [0.25, 0.3) is 0 Å². The van der Waals surface area contributed by atoms with E-state index in [1.54, 1.807) is 6.92 Å². The molecule has 0 aromatic heterocycles. The molecule has 0 aliphatic carbocycles. The number of aliphatic hydroxyl groups excluding tert-OH is 2. The summed E-state index contributed by atoms with van der Waals surface area (Å²) in [5.41, 5.74) is 0. The second-order valence-corrected chi connectivity index (χ2v) is 7.04. The molecule has 0 fully saturated rings. The minimum absolute atomic E-state index is 0. The third-order valence-corrected chi connectivity index (χ3v) is 3.33. The number of nitrogens with one attached hydrogen (secondary N) is 1. The number of rotatable bonds is 13. The van der Waals surface area contributed by atoms with Crippen LogP contribution in [-0.2, 0) is 4.57 Å². The van der Waals surface area contributed by atoms with Crippen molar-refractivity contribution >= 4 is 37.4 Å². The molecule has 0 radical (unpaired) electrons. The predicted octanol–water partition coefficient (Wildman–Crippen LogP) is 2.30. The van der Waals surface area contributed by atoms with Crippen LogP contribution < -0.4 is 5.32 Å². The van der Waals surface area contributed by atoms with E-state index in [1.807, 2.05) is 7.05 Å². The molecule has 6 N–H and O–H groups in total. The quantitative estimate of drug-likeness (QED) is 0.156. The molecule has 7 nitrogen and oxygen atoms in total. The Bertz CT molecular complexity index is 274. The van der Waals surface area contributed by atoms with Crippen LogP contribution in [0, 0.1) is 0 Å². The van der Waals surface area contributed by atoms with Gasteiger partial charge in [0.1, 0.15) is 0 Å². The van der Waals surface area contributed by atoms with Crippen molar-refractivity contribution in [2.45, 2.75) is 90.6 Å². The first-order valence-corrected chi connectivity index (χ1v) is 11.0. The van der Waals surface area contributed by atoms with E-state index in [9.17, 15) is 5.11 Å². The average Bonchev–Trinajstić information content (AvgIpc) is 2.48. The molecule has 1 atom stereocenters. The van der Waals surface area contributed by atoms with Gasteiger partial charge in [0.2, 0.25) is 0 Å². The molecule has 0 spiro atoms. The summed E-state index contributed by atoms with van der Waals surface area (Å²) in [5, 5.41) is 20.1. The van der Waals surface area contributed by atoms with Gasteiger partial charge in [-0.1, -0.05) is 71.1 Å². The van der Waals surface area contributed by atoms with Gasteiger partial charge in [-0.05, 0) is 20.4 Å². The fraction of sp³-hybridized carbons (Fsp3) is 1.00. The summed E-state index contributed by atoms with van der Waals surface area (Å²) in [6.07, 6.45) is 14.4. The van der Waals surface area contributed by atoms with E-state index in [4.69, 9.17) is 24.4 Å². The summed E-state index contributed by atoms with van der Waals surface area (Å²) >= 11 is 0. The van der Waals surface area contributed by atoms with Gasteiger partial charge >= 0.3 is 37.4 Å². The van der Waals surface area contributed by atoms with E-state index < -0.39 is 7.82 Å². The summed E-state index contributed by atoms with van der Waals surface area (Å²) in [4.78, 5) is 21.6. The zero-order valence-corrected chi connectivity index (χ0v) is 17.3. The second-order valence-electron chi connectivity index (χ2n) is 6.01. The van der Waals surface area contributed by atoms with Gasteiger partial charge in [0.05, 0.1) is 6.10 Å². The summed E-state index contributed by atoms with van der Waals surface area (Å²) in [5.74, 6) is 0. The van der Waals surface area contributed by atoms with Crippen LogP contribution in [0.25, 0.3) is 0 Å². The van der Waals surface area contributed by atoms with Gasteiger partial charge < -0.3 is 30.2 Å². The first-order valence-electron chi connectivity index (χ1n) is 9.44. The van der Waals surface area contributed by atoms with Gasteiger partial charge in [-0.15, -0.1) is 0 Å². The molecular formula is C17H43NNaO6P. The van der Waals surface area contributed by atoms with Crippen LogP contribution in [-0.4, -0.2) is 80.8 Å². The molecule has 0 bridgehead atoms. The third kappa shape index (κ3) is 56.3. The van der Waals surface area contributed by atoms with Crippen molar-refractivity contribution in [1.82, 2.24) is 5.32 Å². The zero-order chi connectivity index (χ0) is 20.0. The van der Waals surface area contributed by atoms with Crippen molar-refractivity contribution in [3.05, 3.63) is 0 Å². The first kappa shape index (κ1) is 34.5. The Kier molecular flexibility index (Phi) is 37.4. The molecule has 0 aliphatic rings. The number of likely N-dealkylation sites (N-methyl/N-ethyl adjacent to an activating group) is 1. The number of phosphoric acid groups is 1. The molecule has 0 aromatic rings. The minimum atomic E-state index is -4.64. The fourth-order valence-corrected chi connectivity index (χ4v) is 2.21. The molecular weight excluding hydrogens is 368 g/mol. The second kappa shape index (κ2) is 28.2. The van der Waals surface area contributed by atoms with E-state index in [2.05, 4.69) is 12.2 Å². The molecule has 0 aliphatic heterocycles. The van der Waals surface area contributed by atoms with Crippen molar-refractivity contribution in [2.24, 2.45) is 0 Å². The van der Waals surface area contributed by atoms with Crippen LogP contribution in [0.5, 0.6) is 0 Å². The average molecular weight is 411 g/mol. The monoisotopic (exact) mass is 411 g/mol. The summed E-state index contributed by atoms with van der Waals surface area (Å²) in [6.45, 7) is 4.93. The Balaban J connectivity index is -0.000000226. The van der Waals surface area contributed by atoms with Gasteiger partial charge in [-0.3, -0.25) is 0 Å². The summed E-state index contributed by atoms with van der Waals surface area (Å²) in [7, 11) is -2.75. The Morgan fingerprint density at radius 1 is 0.846 bits per heavy atom. The molecule has 9 heteroatoms. The van der Waals surface area contributed by atoms with Crippen molar-refractivity contribution < 1.29 is 29.5 Å². The maximum atomic E-state index is 9.51. The fourth-order valence-electron chi connectivity index (χ4n) is 2.21. The first-order chi connectivity index (χ1) is 11.7. The summed E-state index contributed by atoms with van der Waals surface area (Å²) in [6, 6.07) is 0. The Hall–Kier alpha value is 0.990. The molecule has 1 unspecified atom stereocenters. The van der Waals surface area contributed by atoms with Crippen molar-refractivity contribution in [3.63, 3.8) is 0 Å². The van der Waals surface area contributed by atoms with Crippen LogP contribution in [0.2, 0.25) is 0 Å². The SMILES string of the molecule is CCCCCCCCCCCCC(O)CNC.CCO.O=P(O)(O)O.[NaH]. The Morgan fingerprint density at radius 2 is 1.15 bits per heavy atom. The standard InChI is InChI=1S/C15H33NO.C2H6O.Na.H3O4P.H/c1-3-4-5-6-7-8-9-10-11-12-13-15(17)14-16-2;1-2-3;;1-5(2,3)4;/h15-17H,3-14H2,1-2H3;3H,2H2,1H3;;(H3,1,2,3,4);.